The second-order valence-corrected chi connectivity index (χ2v) is 5.48. The van der Waals surface area contributed by atoms with E-state index in [4.69, 9.17) is 0 Å². The third kappa shape index (κ3) is 3.29. The third-order valence-corrected chi connectivity index (χ3v) is 3.66. The lowest BCUT2D eigenvalue weighted by Gasteiger charge is -2.34. The van der Waals surface area contributed by atoms with E-state index in [0.29, 0.717) is 17.6 Å². The van der Waals surface area contributed by atoms with Crippen LogP contribution in [0.4, 0.5) is 4.39 Å². The van der Waals surface area contributed by atoms with Crippen molar-refractivity contribution < 1.29 is 14.3 Å². The molecule has 0 spiro atoms. The van der Waals surface area contributed by atoms with Crippen LogP contribution in [-0.4, -0.2) is 28.1 Å². The molecule has 1 aromatic rings. The fraction of sp³-hybridized carbons (Fsp3) is 0.462. The van der Waals surface area contributed by atoms with Crippen molar-refractivity contribution >= 4 is 21.9 Å². The Morgan fingerprint density at radius 3 is 2.56 bits per heavy atom. The van der Waals surface area contributed by atoms with Crippen LogP contribution in [0.1, 0.15) is 26.3 Å². The van der Waals surface area contributed by atoms with Gasteiger partial charge in [0.05, 0.1) is 4.47 Å². The zero-order valence-corrected chi connectivity index (χ0v) is 12.3. The van der Waals surface area contributed by atoms with E-state index in [1.54, 1.807) is 26.0 Å². The molecule has 0 aliphatic heterocycles. The zero-order valence-electron chi connectivity index (χ0n) is 10.7. The summed E-state index contributed by atoms with van der Waals surface area (Å²) in [5.74, 6) is -1.19. The van der Waals surface area contributed by atoms with E-state index in [1.165, 1.54) is 6.07 Å². The Bertz CT molecular complexity index is 449. The number of nitrogens with zero attached hydrogens (tertiary/aromatic N) is 1. The maximum atomic E-state index is 13.1. The number of halogens is 2. The van der Waals surface area contributed by atoms with Crippen LogP contribution in [-0.2, 0) is 11.3 Å². The van der Waals surface area contributed by atoms with Crippen molar-refractivity contribution in [3.63, 3.8) is 0 Å². The molecule has 0 aliphatic carbocycles. The zero-order chi connectivity index (χ0) is 13.9. The van der Waals surface area contributed by atoms with Gasteiger partial charge in [-0.3, -0.25) is 9.69 Å². The Morgan fingerprint density at radius 2 is 2.11 bits per heavy atom. The van der Waals surface area contributed by atoms with Crippen LogP contribution in [0, 0.1) is 5.82 Å². The molecule has 0 bridgehead atoms. The van der Waals surface area contributed by atoms with E-state index < -0.39 is 11.5 Å². The van der Waals surface area contributed by atoms with Gasteiger partial charge in [0.15, 0.2) is 0 Å². The maximum Gasteiger partial charge on any atom is 0.323 e. The molecule has 0 aliphatic rings. The van der Waals surface area contributed by atoms with Crippen molar-refractivity contribution in [2.24, 2.45) is 0 Å². The lowest BCUT2D eigenvalue weighted by molar-refractivity contribution is -0.149. The summed E-state index contributed by atoms with van der Waals surface area (Å²) in [5.41, 5.74) is -0.0743. The predicted octanol–water partition coefficient (Wildman–Crippen LogP) is 3.27. The summed E-state index contributed by atoms with van der Waals surface area (Å²) in [6, 6.07) is 4.72. The van der Waals surface area contributed by atoms with E-state index in [2.05, 4.69) is 15.9 Å². The van der Waals surface area contributed by atoms with E-state index in [9.17, 15) is 14.3 Å². The third-order valence-electron chi connectivity index (χ3n) is 3.05. The van der Waals surface area contributed by atoms with Gasteiger partial charge in [-0.1, -0.05) is 13.0 Å². The molecule has 0 unspecified atom stereocenters. The van der Waals surface area contributed by atoms with Crippen LogP contribution < -0.4 is 0 Å². The van der Waals surface area contributed by atoms with Gasteiger partial charge in [-0.2, -0.15) is 0 Å². The second-order valence-electron chi connectivity index (χ2n) is 4.63. The molecule has 0 atom stereocenters. The molecule has 1 rings (SSSR count). The Kier molecular flexibility index (Phi) is 4.87. The average Bonchev–Trinajstić information content (AvgIpc) is 2.30. The number of carboxylic acid groups (broad SMARTS) is 1. The summed E-state index contributed by atoms with van der Waals surface area (Å²) in [6.07, 6.45) is 0. The predicted molar refractivity (Wildman–Crippen MR) is 71.9 cm³/mol. The Labute approximate surface area is 115 Å². The summed E-state index contributed by atoms with van der Waals surface area (Å²) >= 11 is 3.13. The summed E-state index contributed by atoms with van der Waals surface area (Å²) in [4.78, 5) is 13.1. The minimum Gasteiger partial charge on any atom is -0.480 e. The first-order valence-electron chi connectivity index (χ1n) is 5.71. The smallest absolute Gasteiger partial charge is 0.323 e. The fourth-order valence-electron chi connectivity index (χ4n) is 1.70. The minimum atomic E-state index is -0.949. The minimum absolute atomic E-state index is 0.320. The molecule has 0 fully saturated rings. The van der Waals surface area contributed by atoms with Gasteiger partial charge < -0.3 is 5.11 Å². The molecule has 0 saturated carbocycles. The van der Waals surface area contributed by atoms with Crippen LogP contribution in [0.25, 0.3) is 0 Å². The molecular weight excluding hydrogens is 301 g/mol. The molecule has 5 heteroatoms. The number of carbonyl (C=O) groups is 1. The summed E-state index contributed by atoms with van der Waals surface area (Å²) in [7, 11) is 0. The number of rotatable bonds is 5. The van der Waals surface area contributed by atoms with Crippen molar-refractivity contribution in [2.45, 2.75) is 32.9 Å². The lowest BCUT2D eigenvalue weighted by Crippen LogP contribution is -2.49. The molecule has 0 radical (unpaired) electrons. The van der Waals surface area contributed by atoms with Gasteiger partial charge >= 0.3 is 5.97 Å². The SMILES string of the molecule is CCN(Cc1ccc(F)c(Br)c1)C(C)(C)C(=O)O. The van der Waals surface area contributed by atoms with Gasteiger partial charge in [-0.15, -0.1) is 0 Å². The van der Waals surface area contributed by atoms with Crippen LogP contribution in [0.2, 0.25) is 0 Å². The maximum absolute atomic E-state index is 13.1. The van der Waals surface area contributed by atoms with E-state index in [0.717, 1.165) is 5.56 Å². The van der Waals surface area contributed by atoms with Gasteiger partial charge in [0.1, 0.15) is 11.4 Å². The van der Waals surface area contributed by atoms with Gasteiger partial charge in [0.2, 0.25) is 0 Å². The van der Waals surface area contributed by atoms with Crippen LogP contribution in [0.5, 0.6) is 0 Å². The molecule has 3 nitrogen and oxygen atoms in total. The number of carboxylic acids is 1. The first kappa shape index (κ1) is 15.1. The van der Waals surface area contributed by atoms with E-state index in [1.807, 2.05) is 11.8 Å². The highest BCUT2D eigenvalue weighted by Crippen LogP contribution is 2.21. The molecule has 18 heavy (non-hydrogen) atoms. The highest BCUT2D eigenvalue weighted by Gasteiger charge is 2.33. The van der Waals surface area contributed by atoms with Crippen molar-refractivity contribution in [3.8, 4) is 0 Å². The largest absolute Gasteiger partial charge is 0.480 e. The molecule has 100 valence electrons. The monoisotopic (exact) mass is 317 g/mol. The lowest BCUT2D eigenvalue weighted by atomic mass is 10.0. The average molecular weight is 318 g/mol. The van der Waals surface area contributed by atoms with Crippen molar-refractivity contribution in [3.05, 3.63) is 34.1 Å². The molecular formula is C13H17BrFNO2. The topological polar surface area (TPSA) is 40.5 Å². The number of hydrogen-bond donors (Lipinski definition) is 1. The fourth-order valence-corrected chi connectivity index (χ4v) is 2.12. The number of aliphatic carboxylic acids is 1. The van der Waals surface area contributed by atoms with Crippen LogP contribution >= 0.6 is 15.9 Å². The Morgan fingerprint density at radius 1 is 1.50 bits per heavy atom. The molecule has 1 aromatic carbocycles. The molecule has 0 aromatic heterocycles. The van der Waals surface area contributed by atoms with Gasteiger partial charge in [0, 0.05) is 6.54 Å². The number of benzene rings is 1. The Balaban J connectivity index is 2.93. The molecule has 1 N–H and O–H groups in total. The van der Waals surface area contributed by atoms with Crippen LogP contribution in [0.3, 0.4) is 0 Å². The number of likely N-dealkylation sites (N-methyl/N-ethyl adjacent to an activating group) is 1. The quantitative estimate of drug-likeness (QED) is 0.906. The first-order chi connectivity index (χ1) is 8.28. The van der Waals surface area contributed by atoms with Gasteiger partial charge in [-0.25, -0.2) is 4.39 Å². The molecule has 0 amide bonds. The second kappa shape index (κ2) is 5.80. The molecule has 0 heterocycles. The Hall–Kier alpha value is -0.940. The standard InChI is InChI=1S/C13H17BrFNO2/c1-4-16(13(2,3)12(17)18)8-9-5-6-11(15)10(14)7-9/h5-7H,4,8H2,1-3H3,(H,17,18). The van der Waals surface area contributed by atoms with Gasteiger partial charge in [0.25, 0.3) is 0 Å². The highest BCUT2D eigenvalue weighted by atomic mass is 79.9. The van der Waals surface area contributed by atoms with E-state index in [-0.39, 0.29) is 5.82 Å². The van der Waals surface area contributed by atoms with E-state index >= 15 is 0 Å². The summed E-state index contributed by atoms with van der Waals surface area (Å²) in [5, 5.41) is 9.21. The van der Waals surface area contributed by atoms with Crippen molar-refractivity contribution in [2.75, 3.05) is 6.54 Å². The molecule has 0 saturated heterocycles. The van der Waals surface area contributed by atoms with Crippen molar-refractivity contribution in [1.29, 1.82) is 0 Å². The summed E-state index contributed by atoms with van der Waals surface area (Å²) < 4.78 is 13.5. The highest BCUT2D eigenvalue weighted by molar-refractivity contribution is 9.10. The normalized spacial score (nSPS) is 11.9. The van der Waals surface area contributed by atoms with Crippen molar-refractivity contribution in [1.82, 2.24) is 4.90 Å². The summed E-state index contributed by atoms with van der Waals surface area (Å²) in [6.45, 7) is 6.31. The van der Waals surface area contributed by atoms with Crippen LogP contribution in [0.15, 0.2) is 22.7 Å². The number of hydrogen-bond acceptors (Lipinski definition) is 2. The first-order valence-corrected chi connectivity index (χ1v) is 6.50. The van der Waals surface area contributed by atoms with Gasteiger partial charge in [-0.05, 0) is 54.0 Å².